The average Bonchev–Trinajstić information content (AvgIpc) is 3.37. The van der Waals surface area contributed by atoms with Gasteiger partial charge in [-0.3, -0.25) is 4.90 Å². The van der Waals surface area contributed by atoms with E-state index in [1.807, 2.05) is 6.20 Å². The van der Waals surface area contributed by atoms with Crippen LogP contribution in [0.25, 0.3) is 11.1 Å². The highest BCUT2D eigenvalue weighted by Gasteiger charge is 2.54. The fraction of sp³-hybridized carbons (Fsp3) is 0.186. The zero-order valence-corrected chi connectivity index (χ0v) is 30.9. The van der Waals surface area contributed by atoms with Gasteiger partial charge in [0.2, 0.25) is 0 Å². The number of anilines is 3. The summed E-state index contributed by atoms with van der Waals surface area (Å²) in [6.45, 7) is 13.5. The van der Waals surface area contributed by atoms with Crippen LogP contribution in [-0.4, -0.2) is 13.1 Å². The van der Waals surface area contributed by atoms with Crippen LogP contribution in [0.3, 0.4) is 0 Å². The van der Waals surface area contributed by atoms with Crippen LogP contribution < -0.4 is 30.4 Å². The summed E-state index contributed by atoms with van der Waals surface area (Å²) in [5, 5.41) is 5.60. The largest absolute Gasteiger partial charge is 0.457 e. The molecule has 48 heavy (non-hydrogen) atoms. The van der Waals surface area contributed by atoms with E-state index in [-0.39, 0.29) is 10.8 Å². The van der Waals surface area contributed by atoms with Gasteiger partial charge >= 0.3 is 0 Å². The second kappa shape index (κ2) is 11.0. The average molecular weight is 708 g/mol. The third-order valence-electron chi connectivity index (χ3n) is 9.91. The van der Waals surface area contributed by atoms with Gasteiger partial charge in [0.1, 0.15) is 17.3 Å². The number of ether oxygens (including phenoxy) is 1. The quantitative estimate of drug-likeness (QED) is 0.171. The van der Waals surface area contributed by atoms with Crippen LogP contribution in [0.5, 0.6) is 11.5 Å². The van der Waals surface area contributed by atoms with Gasteiger partial charge in [-0.1, -0.05) is 130 Å². The molecule has 0 spiro atoms. The molecule has 238 valence electrons. The molecule has 1 unspecified atom stereocenters. The number of rotatable bonds is 4. The lowest BCUT2D eigenvalue weighted by atomic mass is 9.87. The molecule has 0 saturated carbocycles. The van der Waals surface area contributed by atoms with Crippen molar-refractivity contribution in [1.82, 2.24) is 4.98 Å². The SMILES string of the molecule is CC(C)(C)c1cc(Br)cc(Oc2ccc3c(c2)N(c2cc(C(C)(C)C)ccn2)c2cccc4c2[Si]3(c2ccccc2)c2ccccc2-4)c1. The highest BCUT2D eigenvalue weighted by atomic mass is 79.9. The molecule has 3 heterocycles. The number of hydrogen-bond acceptors (Lipinski definition) is 3. The maximum atomic E-state index is 6.74. The van der Waals surface area contributed by atoms with Crippen molar-refractivity contribution in [2.24, 2.45) is 0 Å². The van der Waals surface area contributed by atoms with Gasteiger partial charge in [-0.05, 0) is 96.3 Å². The number of benzene rings is 5. The minimum atomic E-state index is -2.72. The topological polar surface area (TPSA) is 25.4 Å². The first-order valence-electron chi connectivity index (χ1n) is 16.7. The molecule has 1 atom stereocenters. The van der Waals surface area contributed by atoms with Gasteiger partial charge in [-0.15, -0.1) is 0 Å². The minimum Gasteiger partial charge on any atom is -0.457 e. The zero-order valence-electron chi connectivity index (χ0n) is 28.3. The number of pyridine rings is 1. The summed E-state index contributed by atoms with van der Waals surface area (Å²) >= 11 is 3.74. The van der Waals surface area contributed by atoms with E-state index in [4.69, 9.17) is 9.72 Å². The number of nitrogens with zero attached hydrogens (tertiary/aromatic N) is 2. The maximum Gasteiger partial charge on any atom is 0.185 e. The van der Waals surface area contributed by atoms with Crippen molar-refractivity contribution in [3.8, 4) is 22.6 Å². The summed E-state index contributed by atoms with van der Waals surface area (Å²) in [6.07, 6.45) is 1.96. The molecule has 1 aromatic heterocycles. The second-order valence-corrected chi connectivity index (χ2v) is 19.6. The lowest BCUT2D eigenvalue weighted by Gasteiger charge is -2.43. The minimum absolute atomic E-state index is 0.0107. The predicted molar refractivity (Wildman–Crippen MR) is 207 cm³/mol. The molecule has 6 aromatic rings. The van der Waals surface area contributed by atoms with Crippen LogP contribution >= 0.6 is 15.9 Å². The Morgan fingerprint density at radius 1 is 0.604 bits per heavy atom. The molecule has 0 bridgehead atoms. The molecule has 8 rings (SSSR count). The lowest BCUT2D eigenvalue weighted by molar-refractivity contribution is 0.478. The van der Waals surface area contributed by atoms with E-state index < -0.39 is 8.07 Å². The van der Waals surface area contributed by atoms with Crippen molar-refractivity contribution >= 4 is 61.9 Å². The van der Waals surface area contributed by atoms with E-state index in [1.165, 1.54) is 48.7 Å². The van der Waals surface area contributed by atoms with Crippen molar-refractivity contribution in [3.05, 3.63) is 143 Å². The fourth-order valence-corrected chi connectivity index (χ4v) is 13.6. The van der Waals surface area contributed by atoms with Gasteiger partial charge in [0.05, 0.1) is 5.69 Å². The normalized spacial score (nSPS) is 16.3. The molecule has 0 radical (unpaired) electrons. The molecule has 5 heteroatoms. The molecule has 2 aliphatic rings. The highest BCUT2D eigenvalue weighted by Crippen LogP contribution is 2.45. The summed E-state index contributed by atoms with van der Waals surface area (Å²) in [7, 11) is -2.72. The van der Waals surface area contributed by atoms with Crippen molar-refractivity contribution < 1.29 is 4.74 Å². The molecule has 0 N–H and O–H groups in total. The molecule has 0 amide bonds. The van der Waals surface area contributed by atoms with Gasteiger partial charge in [-0.2, -0.15) is 0 Å². The van der Waals surface area contributed by atoms with Crippen molar-refractivity contribution in [1.29, 1.82) is 0 Å². The summed E-state index contributed by atoms with van der Waals surface area (Å²) < 4.78 is 7.75. The van der Waals surface area contributed by atoms with Gasteiger partial charge in [0.15, 0.2) is 8.07 Å². The smallest absolute Gasteiger partial charge is 0.185 e. The molecular formula is C43H39BrN2OSi. The van der Waals surface area contributed by atoms with Crippen LogP contribution in [0, 0.1) is 0 Å². The monoisotopic (exact) mass is 706 g/mol. The van der Waals surface area contributed by atoms with Gasteiger partial charge < -0.3 is 4.74 Å². The lowest BCUT2D eigenvalue weighted by Crippen LogP contribution is -2.75. The molecule has 0 aliphatic carbocycles. The molecule has 5 aromatic carbocycles. The highest BCUT2D eigenvalue weighted by molar-refractivity contribution is 9.10. The molecule has 0 saturated heterocycles. The Bertz CT molecular complexity index is 2220. The summed E-state index contributed by atoms with van der Waals surface area (Å²) in [5.41, 5.74) is 7.40. The summed E-state index contributed by atoms with van der Waals surface area (Å²) in [4.78, 5) is 7.44. The first kappa shape index (κ1) is 30.9. The zero-order chi connectivity index (χ0) is 33.4. The van der Waals surface area contributed by atoms with Crippen molar-refractivity contribution in [2.75, 3.05) is 4.90 Å². The molecule has 2 aliphatic heterocycles. The third-order valence-corrected chi connectivity index (χ3v) is 15.3. The van der Waals surface area contributed by atoms with Crippen LogP contribution in [-0.2, 0) is 10.8 Å². The Kier molecular flexibility index (Phi) is 7.10. The van der Waals surface area contributed by atoms with Crippen LogP contribution in [0.15, 0.2) is 132 Å². The Morgan fingerprint density at radius 3 is 2.10 bits per heavy atom. The van der Waals surface area contributed by atoms with E-state index in [0.29, 0.717) is 0 Å². The summed E-state index contributed by atoms with van der Waals surface area (Å²) in [5.74, 6) is 2.53. The van der Waals surface area contributed by atoms with E-state index in [1.54, 1.807) is 0 Å². The van der Waals surface area contributed by atoms with Crippen molar-refractivity contribution in [3.63, 3.8) is 0 Å². The fourth-order valence-electron chi connectivity index (χ4n) is 7.60. The van der Waals surface area contributed by atoms with Crippen LogP contribution in [0.2, 0.25) is 0 Å². The first-order chi connectivity index (χ1) is 23.0. The Morgan fingerprint density at radius 2 is 1.33 bits per heavy atom. The van der Waals surface area contributed by atoms with Gasteiger partial charge in [-0.25, -0.2) is 4.98 Å². The van der Waals surface area contributed by atoms with E-state index in [0.717, 1.165) is 27.5 Å². The Hall–Kier alpha value is -4.45. The van der Waals surface area contributed by atoms with Gasteiger partial charge in [0, 0.05) is 22.4 Å². The van der Waals surface area contributed by atoms with E-state index in [2.05, 4.69) is 184 Å². The van der Waals surface area contributed by atoms with E-state index >= 15 is 0 Å². The summed E-state index contributed by atoms with van der Waals surface area (Å²) in [6, 6.07) is 44.6. The van der Waals surface area contributed by atoms with Crippen LogP contribution in [0.4, 0.5) is 17.2 Å². The number of halogens is 1. The number of hydrogen-bond donors (Lipinski definition) is 0. The standard InChI is InChI=1S/C43H39BrN2OSi/c1-42(2,3)28-21-22-45-40(25-28)46-36-17-12-16-35-34-15-10-11-18-38(34)48(41(35)36,33-13-8-7-9-14-33)39-20-19-31(27-37(39)46)47-32-24-29(43(4,5)6)23-30(44)26-32/h7-27H,1-6H3. The predicted octanol–water partition coefficient (Wildman–Crippen LogP) is 9.37. The molecular weight excluding hydrogens is 668 g/mol. The third kappa shape index (κ3) is 4.78. The number of aromatic nitrogens is 1. The molecule has 0 fully saturated rings. The van der Waals surface area contributed by atoms with Crippen LogP contribution in [0.1, 0.15) is 52.7 Å². The Balaban J connectivity index is 1.42. The second-order valence-electron chi connectivity index (χ2n) is 15.1. The molecule has 3 nitrogen and oxygen atoms in total. The van der Waals surface area contributed by atoms with E-state index in [9.17, 15) is 0 Å². The van der Waals surface area contributed by atoms with Gasteiger partial charge in [0.25, 0.3) is 0 Å². The Labute approximate surface area is 293 Å². The first-order valence-corrected chi connectivity index (χ1v) is 19.4. The van der Waals surface area contributed by atoms with Crippen molar-refractivity contribution in [2.45, 2.75) is 52.4 Å². The number of fused-ring (bicyclic) bond motifs is 5. The maximum absolute atomic E-state index is 6.74.